The van der Waals surface area contributed by atoms with E-state index < -0.39 is 12.1 Å². The highest BCUT2D eigenvalue weighted by atomic mass is 16.5. The summed E-state index contributed by atoms with van der Waals surface area (Å²) >= 11 is 0. The molecule has 8 heteroatoms. The smallest absolute Gasteiger partial charge is 0.322 e. The lowest BCUT2D eigenvalue weighted by molar-refractivity contribution is -0.138. The molecule has 0 aromatic heterocycles. The van der Waals surface area contributed by atoms with Crippen LogP contribution in [0.1, 0.15) is 32.4 Å². The molecule has 0 radical (unpaired) electrons. The molecule has 0 unspecified atom stereocenters. The van der Waals surface area contributed by atoms with E-state index >= 15 is 0 Å². The van der Waals surface area contributed by atoms with Crippen LogP contribution in [0.25, 0.3) is 0 Å². The Kier molecular flexibility index (Phi) is 7.30. The molecule has 0 spiro atoms. The number of hydrogen-bond donors (Lipinski definition) is 2. The van der Waals surface area contributed by atoms with Gasteiger partial charge >= 0.3 is 6.03 Å². The van der Waals surface area contributed by atoms with Crippen LogP contribution in [0.15, 0.2) is 65.9 Å². The fourth-order valence-electron chi connectivity index (χ4n) is 4.75. The maximum absolute atomic E-state index is 13.8. The third kappa shape index (κ3) is 4.78. The molecular weight excluding hydrogens is 456 g/mol. The van der Waals surface area contributed by atoms with Crippen LogP contribution in [0.5, 0.6) is 11.5 Å². The number of likely N-dealkylation sites (N-methyl/N-ethyl adjacent to an activating group) is 1. The number of ether oxygens (including phenoxy) is 1. The quantitative estimate of drug-likeness (QED) is 0.560. The molecule has 2 aliphatic heterocycles. The van der Waals surface area contributed by atoms with Crippen molar-refractivity contribution < 1.29 is 19.1 Å². The SMILES string of the molecule is C#CCNC(=O)[C@H](C(C)C)N1CC2=C(C1=O)[C@@H](c1cccc(Oc3ccccc3)c1)NC(=O)N2CC. The third-order valence-corrected chi connectivity index (χ3v) is 6.34. The van der Waals surface area contributed by atoms with Crippen LogP contribution in [0.4, 0.5) is 4.79 Å². The Balaban J connectivity index is 1.69. The number of terminal acetylenes is 1. The van der Waals surface area contributed by atoms with E-state index in [0.717, 1.165) is 0 Å². The minimum absolute atomic E-state index is 0.0786. The van der Waals surface area contributed by atoms with Gasteiger partial charge in [-0.05, 0) is 42.7 Å². The molecule has 0 saturated heterocycles. The number of hydrogen-bond acceptors (Lipinski definition) is 4. The van der Waals surface area contributed by atoms with E-state index in [2.05, 4.69) is 16.6 Å². The van der Waals surface area contributed by atoms with Crippen molar-refractivity contribution in [1.82, 2.24) is 20.4 Å². The first-order valence-electron chi connectivity index (χ1n) is 12.0. The van der Waals surface area contributed by atoms with E-state index in [-0.39, 0.29) is 36.9 Å². The van der Waals surface area contributed by atoms with Gasteiger partial charge in [-0.1, -0.05) is 50.1 Å². The second-order valence-electron chi connectivity index (χ2n) is 9.02. The Labute approximate surface area is 211 Å². The molecule has 2 aromatic carbocycles. The van der Waals surface area contributed by atoms with Gasteiger partial charge in [0.15, 0.2) is 0 Å². The van der Waals surface area contributed by atoms with Crippen molar-refractivity contribution in [2.24, 2.45) is 5.92 Å². The Hall–Kier alpha value is -4.25. The van der Waals surface area contributed by atoms with Crippen molar-refractivity contribution in [3.63, 3.8) is 0 Å². The summed E-state index contributed by atoms with van der Waals surface area (Å²) in [7, 11) is 0. The lowest BCUT2D eigenvalue weighted by Crippen LogP contribution is -2.51. The first kappa shape index (κ1) is 24.9. The number of urea groups is 1. The first-order valence-corrected chi connectivity index (χ1v) is 12.0. The fraction of sp³-hybridized carbons (Fsp3) is 0.321. The molecule has 186 valence electrons. The van der Waals surface area contributed by atoms with Crippen LogP contribution in [0, 0.1) is 18.3 Å². The molecule has 4 rings (SSSR count). The fourth-order valence-corrected chi connectivity index (χ4v) is 4.75. The molecule has 2 aromatic rings. The van der Waals surface area contributed by atoms with Crippen LogP contribution in [0.2, 0.25) is 0 Å². The van der Waals surface area contributed by atoms with E-state index in [1.54, 1.807) is 9.80 Å². The van der Waals surface area contributed by atoms with Crippen molar-refractivity contribution in [2.75, 3.05) is 19.6 Å². The maximum atomic E-state index is 13.8. The molecule has 0 bridgehead atoms. The molecule has 8 nitrogen and oxygen atoms in total. The van der Waals surface area contributed by atoms with Gasteiger partial charge < -0.3 is 20.3 Å². The van der Waals surface area contributed by atoms with Gasteiger partial charge in [0.1, 0.15) is 17.5 Å². The normalized spacial score (nSPS) is 18.0. The van der Waals surface area contributed by atoms with Gasteiger partial charge in [0.05, 0.1) is 30.4 Å². The van der Waals surface area contributed by atoms with E-state index in [0.29, 0.717) is 34.9 Å². The van der Waals surface area contributed by atoms with Gasteiger partial charge in [-0.15, -0.1) is 6.42 Å². The highest BCUT2D eigenvalue weighted by Crippen LogP contribution is 2.38. The zero-order valence-electron chi connectivity index (χ0n) is 20.7. The minimum Gasteiger partial charge on any atom is -0.457 e. The van der Waals surface area contributed by atoms with Gasteiger partial charge in [0.25, 0.3) is 5.91 Å². The number of rotatable bonds is 8. The first-order chi connectivity index (χ1) is 17.3. The summed E-state index contributed by atoms with van der Waals surface area (Å²) in [4.78, 5) is 42.9. The summed E-state index contributed by atoms with van der Waals surface area (Å²) in [5.41, 5.74) is 1.79. The maximum Gasteiger partial charge on any atom is 0.322 e. The summed E-state index contributed by atoms with van der Waals surface area (Å²) in [5.74, 6) is 2.91. The average Bonchev–Trinajstić information content (AvgIpc) is 3.19. The van der Waals surface area contributed by atoms with Crippen LogP contribution in [0.3, 0.4) is 0 Å². The molecule has 2 heterocycles. The zero-order chi connectivity index (χ0) is 25.8. The number of para-hydroxylation sites is 1. The summed E-state index contributed by atoms with van der Waals surface area (Å²) < 4.78 is 5.97. The molecule has 2 atom stereocenters. The number of nitrogens with one attached hydrogen (secondary N) is 2. The average molecular weight is 487 g/mol. The van der Waals surface area contributed by atoms with Gasteiger partial charge in [-0.2, -0.15) is 0 Å². The minimum atomic E-state index is -0.723. The molecule has 4 amide bonds. The van der Waals surface area contributed by atoms with Gasteiger partial charge in [-0.3, -0.25) is 14.5 Å². The third-order valence-electron chi connectivity index (χ3n) is 6.34. The van der Waals surface area contributed by atoms with Gasteiger partial charge in [0.2, 0.25) is 5.91 Å². The Bertz CT molecular complexity index is 1230. The second kappa shape index (κ2) is 10.6. The molecular formula is C28H30N4O4. The van der Waals surface area contributed by atoms with Crippen LogP contribution < -0.4 is 15.4 Å². The molecule has 2 N–H and O–H groups in total. The van der Waals surface area contributed by atoms with Gasteiger partial charge in [-0.25, -0.2) is 4.79 Å². The Morgan fingerprint density at radius 2 is 1.89 bits per heavy atom. The highest BCUT2D eigenvalue weighted by Gasteiger charge is 2.47. The van der Waals surface area contributed by atoms with E-state index in [9.17, 15) is 14.4 Å². The number of nitrogens with zero attached hydrogens (tertiary/aromatic N) is 2. The lowest BCUT2D eigenvalue weighted by atomic mass is 9.95. The van der Waals surface area contributed by atoms with Crippen molar-refractivity contribution >= 4 is 17.8 Å². The van der Waals surface area contributed by atoms with Gasteiger partial charge in [0, 0.05) is 6.54 Å². The highest BCUT2D eigenvalue weighted by molar-refractivity contribution is 6.03. The zero-order valence-corrected chi connectivity index (χ0v) is 20.7. The molecule has 0 aliphatic carbocycles. The standard InChI is InChI=1S/C28H30N4O4/c1-5-15-29-26(33)25(18(3)4)32-17-22-23(27(32)34)24(30-28(35)31(22)6-2)19-11-10-14-21(16-19)36-20-12-8-7-9-13-20/h1,7-14,16,18,24-25H,6,15,17H2,2-4H3,(H,29,33)(H,30,35)/t24-,25+/m1/s1. The van der Waals surface area contributed by atoms with E-state index in [4.69, 9.17) is 11.2 Å². The Morgan fingerprint density at radius 3 is 2.56 bits per heavy atom. The van der Waals surface area contributed by atoms with Crippen molar-refractivity contribution in [3.05, 3.63) is 71.4 Å². The van der Waals surface area contributed by atoms with E-state index in [1.165, 1.54) is 0 Å². The lowest BCUT2D eigenvalue weighted by Gasteiger charge is -2.33. The van der Waals surface area contributed by atoms with Crippen molar-refractivity contribution in [3.8, 4) is 23.8 Å². The summed E-state index contributed by atoms with van der Waals surface area (Å²) in [6.45, 7) is 6.26. The monoisotopic (exact) mass is 486 g/mol. The number of amides is 4. The summed E-state index contributed by atoms with van der Waals surface area (Å²) in [5, 5.41) is 5.68. The predicted molar refractivity (Wildman–Crippen MR) is 136 cm³/mol. The molecule has 0 saturated carbocycles. The van der Waals surface area contributed by atoms with Crippen LogP contribution in [-0.2, 0) is 9.59 Å². The van der Waals surface area contributed by atoms with Crippen molar-refractivity contribution in [1.29, 1.82) is 0 Å². The summed E-state index contributed by atoms with van der Waals surface area (Å²) in [6, 6.07) is 15.0. The molecule has 36 heavy (non-hydrogen) atoms. The second-order valence-corrected chi connectivity index (χ2v) is 9.02. The Morgan fingerprint density at radius 1 is 1.17 bits per heavy atom. The molecule has 2 aliphatic rings. The summed E-state index contributed by atoms with van der Waals surface area (Å²) in [6.07, 6.45) is 5.31. The number of carbonyl (C=O) groups is 3. The topological polar surface area (TPSA) is 91.0 Å². The number of carbonyl (C=O) groups excluding carboxylic acids is 3. The van der Waals surface area contributed by atoms with Crippen LogP contribution in [-0.4, -0.2) is 53.3 Å². The van der Waals surface area contributed by atoms with Crippen molar-refractivity contribution in [2.45, 2.75) is 32.9 Å². The predicted octanol–water partition coefficient (Wildman–Crippen LogP) is 3.44. The van der Waals surface area contributed by atoms with E-state index in [1.807, 2.05) is 75.4 Å². The molecule has 0 fully saturated rings. The van der Waals surface area contributed by atoms with Crippen LogP contribution >= 0.6 is 0 Å². The largest absolute Gasteiger partial charge is 0.457 e. The number of benzene rings is 2.